The molecule has 12 heteroatoms. The van der Waals surface area contributed by atoms with Gasteiger partial charge in [0.05, 0.1) is 19.8 Å². The van der Waals surface area contributed by atoms with Gasteiger partial charge in [0.1, 0.15) is 12.7 Å². The number of ether oxygens (including phenoxy) is 3. The lowest BCUT2D eigenvalue weighted by Crippen LogP contribution is -2.30. The summed E-state index contributed by atoms with van der Waals surface area (Å²) >= 11 is 0. The number of aliphatic hydroxyl groups excluding tert-OH is 1. The molecule has 0 heterocycles. The van der Waals surface area contributed by atoms with E-state index in [1.165, 1.54) is 148 Å². The van der Waals surface area contributed by atoms with Crippen molar-refractivity contribution in [3.05, 3.63) is 36.5 Å². The molecule has 0 aromatic heterocycles. The summed E-state index contributed by atoms with van der Waals surface area (Å²) in [4.78, 5) is 48.6. The zero-order chi connectivity index (χ0) is 54.1. The van der Waals surface area contributed by atoms with E-state index in [1.54, 1.807) is 0 Å². The minimum absolute atomic E-state index is 0.166. The number of rotatable bonds is 58. The minimum atomic E-state index is -4.75. The van der Waals surface area contributed by atoms with E-state index in [0.29, 0.717) is 19.3 Å². The Hall–Kier alpha value is -2.30. The van der Waals surface area contributed by atoms with Gasteiger partial charge in [-0.1, -0.05) is 224 Å². The van der Waals surface area contributed by atoms with Gasteiger partial charge < -0.3 is 24.2 Å². The lowest BCUT2D eigenvalue weighted by atomic mass is 10.1. The average molecular weight is 1070 g/mol. The van der Waals surface area contributed by atoms with Gasteiger partial charge in [-0.3, -0.25) is 23.4 Å². The monoisotopic (exact) mass is 1070 g/mol. The predicted molar refractivity (Wildman–Crippen MR) is 307 cm³/mol. The highest BCUT2D eigenvalue weighted by Gasteiger charge is 2.28. The first-order valence-electron chi connectivity index (χ1n) is 30.9. The van der Waals surface area contributed by atoms with E-state index in [2.05, 4.69) is 57.2 Å². The van der Waals surface area contributed by atoms with Crippen molar-refractivity contribution in [2.45, 2.75) is 315 Å². The molecular weight excluding hydrogens is 952 g/mol. The SMILES string of the molecule is CCCCCC/C=C\CCCCCCCC(=O)OC(CO)COP(=O)(O)OCC(COC(=O)CCCCCCC/C=C\CCCCCCCC)OC(=O)CCCCCCCCCCC/C=C\CCCCCCCC. The van der Waals surface area contributed by atoms with Gasteiger partial charge in [0.15, 0.2) is 6.10 Å². The first-order valence-corrected chi connectivity index (χ1v) is 32.4. The van der Waals surface area contributed by atoms with E-state index in [9.17, 15) is 28.9 Å². The number of phosphoric acid groups is 1. The van der Waals surface area contributed by atoms with Crippen molar-refractivity contribution in [2.24, 2.45) is 0 Å². The third kappa shape index (κ3) is 54.5. The van der Waals surface area contributed by atoms with Gasteiger partial charge >= 0.3 is 25.7 Å². The zero-order valence-corrected chi connectivity index (χ0v) is 49.0. The number of allylic oxidation sites excluding steroid dienone is 6. The summed E-state index contributed by atoms with van der Waals surface area (Å²) in [5.74, 6) is -1.47. The molecule has 3 unspecified atom stereocenters. The summed E-state index contributed by atoms with van der Waals surface area (Å²) in [7, 11) is -4.75. The molecule has 0 saturated carbocycles. The molecule has 2 N–H and O–H groups in total. The number of unbranched alkanes of at least 4 members (excludes halogenated alkanes) is 35. The topological polar surface area (TPSA) is 155 Å². The number of carbonyl (C=O) groups is 3. The smallest absolute Gasteiger partial charge is 0.462 e. The Kier molecular flexibility index (Phi) is 55.1. The maximum Gasteiger partial charge on any atom is 0.472 e. The van der Waals surface area contributed by atoms with E-state index < -0.39 is 57.8 Å². The standard InChI is InChI=1S/C62H115O11P/c1-4-7-10-13-16-19-22-25-27-28-29-30-32-35-38-41-44-47-50-53-62(66)73-59(55-69-60(64)51-48-45-42-39-36-34-31-26-23-20-17-14-11-8-5-2)57-71-74(67,68)70-56-58(54-63)72-61(65)52-49-46-43-40-37-33-24-21-18-15-12-9-6-3/h21,24-27,31,58-59,63H,4-20,22-23,28-30,32-57H2,1-3H3,(H,67,68)/b24-21-,27-25-,31-26-. The fourth-order valence-electron chi connectivity index (χ4n) is 8.75. The maximum absolute atomic E-state index is 12.9. The van der Waals surface area contributed by atoms with Crippen molar-refractivity contribution in [3.63, 3.8) is 0 Å². The van der Waals surface area contributed by atoms with Crippen LogP contribution in [-0.4, -0.2) is 66.5 Å². The van der Waals surface area contributed by atoms with E-state index >= 15 is 0 Å². The Balaban J connectivity index is 4.70. The molecule has 11 nitrogen and oxygen atoms in total. The highest BCUT2D eigenvalue weighted by Crippen LogP contribution is 2.43. The van der Waals surface area contributed by atoms with Gasteiger partial charge in [-0.2, -0.15) is 0 Å². The van der Waals surface area contributed by atoms with Crippen LogP contribution in [0.5, 0.6) is 0 Å². The summed E-state index contributed by atoms with van der Waals surface area (Å²) in [6.45, 7) is 4.65. The maximum atomic E-state index is 12.9. The third-order valence-corrected chi connectivity index (χ3v) is 14.5. The van der Waals surface area contributed by atoms with Crippen molar-refractivity contribution in [2.75, 3.05) is 26.4 Å². The molecule has 0 spiro atoms. The molecule has 0 amide bonds. The first-order chi connectivity index (χ1) is 36.2. The van der Waals surface area contributed by atoms with E-state index in [-0.39, 0.29) is 25.9 Å². The van der Waals surface area contributed by atoms with Crippen LogP contribution in [0.4, 0.5) is 0 Å². The minimum Gasteiger partial charge on any atom is -0.462 e. The van der Waals surface area contributed by atoms with Crippen LogP contribution >= 0.6 is 7.82 Å². The Morgan fingerprint density at radius 2 is 0.622 bits per heavy atom. The Morgan fingerprint density at radius 3 is 0.946 bits per heavy atom. The number of phosphoric ester groups is 1. The van der Waals surface area contributed by atoms with Gasteiger partial charge in [0.25, 0.3) is 0 Å². The molecule has 0 aliphatic rings. The van der Waals surface area contributed by atoms with Crippen molar-refractivity contribution in [1.82, 2.24) is 0 Å². The van der Waals surface area contributed by atoms with Gasteiger partial charge in [0, 0.05) is 19.3 Å². The molecule has 0 radical (unpaired) electrons. The molecule has 0 aromatic carbocycles. The van der Waals surface area contributed by atoms with E-state index in [4.69, 9.17) is 23.3 Å². The average Bonchev–Trinajstić information content (AvgIpc) is 3.39. The van der Waals surface area contributed by atoms with Crippen molar-refractivity contribution >= 4 is 25.7 Å². The highest BCUT2D eigenvalue weighted by molar-refractivity contribution is 7.47. The summed E-state index contributed by atoms with van der Waals surface area (Å²) in [5.41, 5.74) is 0. The molecule has 434 valence electrons. The first kappa shape index (κ1) is 71.7. The van der Waals surface area contributed by atoms with Crippen LogP contribution < -0.4 is 0 Å². The Morgan fingerprint density at radius 1 is 0.365 bits per heavy atom. The number of aliphatic hydroxyl groups is 1. The normalized spacial score (nSPS) is 13.5. The molecule has 0 fully saturated rings. The van der Waals surface area contributed by atoms with Crippen LogP contribution in [0.1, 0.15) is 303 Å². The van der Waals surface area contributed by atoms with Gasteiger partial charge in [-0.15, -0.1) is 0 Å². The summed E-state index contributed by atoms with van der Waals surface area (Å²) in [5, 5.41) is 9.82. The molecular formula is C62H115O11P. The van der Waals surface area contributed by atoms with Crippen molar-refractivity contribution < 1.29 is 52.2 Å². The largest absolute Gasteiger partial charge is 0.472 e. The quantitative estimate of drug-likeness (QED) is 0.0197. The second-order valence-corrected chi connectivity index (χ2v) is 22.3. The summed E-state index contributed by atoms with van der Waals surface area (Å²) in [6.07, 6.45) is 59.5. The fraction of sp³-hybridized carbons (Fsp3) is 0.855. The van der Waals surface area contributed by atoms with E-state index in [0.717, 1.165) is 96.3 Å². The fourth-order valence-corrected chi connectivity index (χ4v) is 9.54. The molecule has 3 atom stereocenters. The Labute approximate surface area is 454 Å². The van der Waals surface area contributed by atoms with Crippen LogP contribution in [0.2, 0.25) is 0 Å². The Bertz CT molecular complexity index is 1380. The number of carbonyl (C=O) groups excluding carboxylic acids is 3. The molecule has 0 aliphatic heterocycles. The van der Waals surface area contributed by atoms with Gasteiger partial charge in [-0.05, 0) is 96.3 Å². The second kappa shape index (κ2) is 56.9. The number of esters is 3. The van der Waals surface area contributed by atoms with Crippen LogP contribution in [0, 0.1) is 0 Å². The van der Waals surface area contributed by atoms with Gasteiger partial charge in [-0.25, -0.2) is 4.57 Å². The highest BCUT2D eigenvalue weighted by atomic mass is 31.2. The van der Waals surface area contributed by atoms with Crippen LogP contribution in [-0.2, 0) is 42.2 Å². The molecule has 0 aliphatic carbocycles. The van der Waals surface area contributed by atoms with Gasteiger partial charge in [0.2, 0.25) is 0 Å². The molecule has 0 rings (SSSR count). The van der Waals surface area contributed by atoms with Crippen LogP contribution in [0.25, 0.3) is 0 Å². The number of hydrogen-bond donors (Lipinski definition) is 2. The van der Waals surface area contributed by atoms with Crippen molar-refractivity contribution in [3.8, 4) is 0 Å². The summed E-state index contributed by atoms with van der Waals surface area (Å²) in [6, 6.07) is 0. The lowest BCUT2D eigenvalue weighted by Gasteiger charge is -2.21. The molecule has 0 bridgehead atoms. The number of hydrogen-bond acceptors (Lipinski definition) is 10. The van der Waals surface area contributed by atoms with E-state index in [1.807, 2.05) is 0 Å². The summed E-state index contributed by atoms with van der Waals surface area (Å²) < 4.78 is 39.6. The van der Waals surface area contributed by atoms with Crippen molar-refractivity contribution in [1.29, 1.82) is 0 Å². The molecule has 74 heavy (non-hydrogen) atoms. The van der Waals surface area contributed by atoms with Crippen LogP contribution in [0.3, 0.4) is 0 Å². The van der Waals surface area contributed by atoms with Crippen LogP contribution in [0.15, 0.2) is 36.5 Å². The molecule has 0 saturated heterocycles. The zero-order valence-electron chi connectivity index (χ0n) is 48.1. The second-order valence-electron chi connectivity index (χ2n) is 20.9. The lowest BCUT2D eigenvalue weighted by molar-refractivity contribution is -0.161. The molecule has 0 aromatic rings. The predicted octanol–water partition coefficient (Wildman–Crippen LogP) is 18.4. The third-order valence-electron chi connectivity index (χ3n) is 13.5.